The van der Waals surface area contributed by atoms with Gasteiger partial charge < -0.3 is 14.2 Å². The molecule has 2 aromatic carbocycles. The molecule has 10 heteroatoms. The normalized spacial score (nSPS) is 14.6. The Labute approximate surface area is 203 Å². The molecule has 0 bridgehead atoms. The topological polar surface area (TPSA) is 74.2 Å². The zero-order valence-corrected chi connectivity index (χ0v) is 20.5. The predicted molar refractivity (Wildman–Crippen MR) is 126 cm³/mol. The van der Waals surface area contributed by atoms with Gasteiger partial charge in [-0.1, -0.05) is 23.2 Å². The van der Waals surface area contributed by atoms with Crippen LogP contribution in [0.1, 0.15) is 11.1 Å². The number of hydrogen-bond acceptors (Lipinski definition) is 6. The Balaban J connectivity index is 1.88. The molecule has 6 nitrogen and oxygen atoms in total. The second-order valence-corrected chi connectivity index (χ2v) is 8.81. The van der Waals surface area contributed by atoms with Gasteiger partial charge in [0.2, 0.25) is 5.90 Å². The van der Waals surface area contributed by atoms with E-state index in [1.54, 1.807) is 36.4 Å². The fourth-order valence-electron chi connectivity index (χ4n) is 2.34. The number of hydrogen-bond donors (Lipinski definition) is 0. The van der Waals surface area contributed by atoms with Gasteiger partial charge in [-0.15, -0.1) is 0 Å². The molecular weight excluding hydrogens is 647 g/mol. The molecule has 1 aliphatic rings. The van der Waals surface area contributed by atoms with E-state index in [0.717, 1.165) is 12.7 Å². The summed E-state index contributed by atoms with van der Waals surface area (Å²) >= 11 is 16.2. The Morgan fingerprint density at radius 1 is 1.21 bits per heavy atom. The largest absolute Gasteiger partial charge is 0.480 e. The Bertz CT molecular complexity index is 1050. The van der Waals surface area contributed by atoms with Crippen molar-refractivity contribution in [2.45, 2.75) is 0 Å². The maximum absolute atomic E-state index is 12.2. The molecular formula is C19H11Cl2I2NO5. The van der Waals surface area contributed by atoms with Crippen molar-refractivity contribution in [1.82, 2.24) is 0 Å². The summed E-state index contributed by atoms with van der Waals surface area (Å²) in [6.07, 6.45) is 1.60. The molecule has 29 heavy (non-hydrogen) atoms. The fourth-order valence-corrected chi connectivity index (χ4v) is 4.95. The van der Waals surface area contributed by atoms with E-state index in [0.29, 0.717) is 21.4 Å². The van der Waals surface area contributed by atoms with E-state index in [-0.39, 0.29) is 18.2 Å². The third-order valence-electron chi connectivity index (χ3n) is 3.67. The summed E-state index contributed by atoms with van der Waals surface area (Å²) in [6.45, 7) is -0.190. The van der Waals surface area contributed by atoms with Gasteiger partial charge in [-0.25, -0.2) is 14.6 Å². The molecule has 0 aromatic heterocycles. The number of methoxy groups -OCH3 is 1. The van der Waals surface area contributed by atoms with Crippen LogP contribution in [0.15, 0.2) is 41.0 Å². The molecule has 0 fully saturated rings. The Hall–Kier alpha value is -1.37. The van der Waals surface area contributed by atoms with E-state index in [2.05, 4.69) is 54.9 Å². The number of benzene rings is 2. The molecule has 0 saturated heterocycles. The molecule has 0 N–H and O–H groups in total. The van der Waals surface area contributed by atoms with Crippen LogP contribution in [0.5, 0.6) is 5.75 Å². The van der Waals surface area contributed by atoms with Crippen LogP contribution in [0, 0.1) is 7.14 Å². The number of halogens is 4. The standard InChI is InChI=1S/C19H11Cl2I2NO5/c1-27-16(25)8-28-17-13(22)4-9(5-14(17)23)6-15-19(26)29-18(24-15)11-3-2-10(20)7-12(11)21/h2-7H,8H2,1H3/b15-6-. The van der Waals surface area contributed by atoms with Crippen molar-refractivity contribution in [3.05, 3.63) is 64.3 Å². The minimum atomic E-state index is -0.581. The number of carbonyl (C=O) groups is 2. The van der Waals surface area contributed by atoms with Gasteiger partial charge in [0.15, 0.2) is 12.3 Å². The van der Waals surface area contributed by atoms with E-state index < -0.39 is 11.9 Å². The smallest absolute Gasteiger partial charge is 0.363 e. The van der Waals surface area contributed by atoms with Gasteiger partial charge in [-0.3, -0.25) is 0 Å². The van der Waals surface area contributed by atoms with Gasteiger partial charge in [0.1, 0.15) is 5.75 Å². The number of carbonyl (C=O) groups excluding carboxylic acids is 2. The average molecular weight is 658 g/mol. The predicted octanol–water partition coefficient (Wildman–Crippen LogP) is 5.10. The third kappa shape index (κ3) is 5.41. The quantitative estimate of drug-likeness (QED) is 0.254. The Morgan fingerprint density at radius 3 is 2.52 bits per heavy atom. The summed E-state index contributed by atoms with van der Waals surface area (Å²) in [5.41, 5.74) is 1.34. The summed E-state index contributed by atoms with van der Waals surface area (Å²) in [5.74, 6) is -0.378. The van der Waals surface area contributed by atoms with E-state index in [1.165, 1.54) is 7.11 Å². The molecule has 2 aromatic rings. The summed E-state index contributed by atoms with van der Waals surface area (Å²) in [7, 11) is 1.30. The first-order valence-electron chi connectivity index (χ1n) is 7.95. The Kier molecular flexibility index (Phi) is 7.41. The highest BCUT2D eigenvalue weighted by Gasteiger charge is 2.26. The highest BCUT2D eigenvalue weighted by Crippen LogP contribution is 2.31. The molecule has 0 atom stereocenters. The summed E-state index contributed by atoms with van der Waals surface area (Å²) < 4.78 is 16.9. The highest BCUT2D eigenvalue weighted by atomic mass is 127. The number of aliphatic imine (C=N–C) groups is 1. The van der Waals surface area contributed by atoms with E-state index >= 15 is 0 Å². The Morgan fingerprint density at radius 2 is 1.90 bits per heavy atom. The maximum Gasteiger partial charge on any atom is 0.363 e. The summed E-state index contributed by atoms with van der Waals surface area (Å²) in [5, 5.41) is 0.805. The molecule has 0 aliphatic carbocycles. The van der Waals surface area contributed by atoms with Crippen molar-refractivity contribution in [3.63, 3.8) is 0 Å². The lowest BCUT2D eigenvalue weighted by atomic mass is 10.2. The van der Waals surface area contributed by atoms with Gasteiger partial charge in [-0.05, 0) is 87.2 Å². The number of rotatable bonds is 5. The van der Waals surface area contributed by atoms with Crippen LogP contribution < -0.4 is 4.74 Å². The zero-order valence-electron chi connectivity index (χ0n) is 14.7. The molecule has 0 amide bonds. The van der Waals surface area contributed by atoms with Crippen LogP contribution in [0.3, 0.4) is 0 Å². The maximum atomic E-state index is 12.2. The van der Waals surface area contributed by atoms with Crippen molar-refractivity contribution in [1.29, 1.82) is 0 Å². The van der Waals surface area contributed by atoms with Crippen LogP contribution in [0.25, 0.3) is 6.08 Å². The van der Waals surface area contributed by atoms with Gasteiger partial charge in [-0.2, -0.15) is 0 Å². The number of ether oxygens (including phenoxy) is 3. The minimum absolute atomic E-state index is 0.116. The summed E-state index contributed by atoms with van der Waals surface area (Å²) in [6, 6.07) is 8.43. The van der Waals surface area contributed by atoms with Gasteiger partial charge >= 0.3 is 11.9 Å². The molecule has 3 rings (SSSR count). The lowest BCUT2D eigenvalue weighted by Crippen LogP contribution is -2.13. The number of nitrogens with zero attached hydrogens (tertiary/aromatic N) is 1. The van der Waals surface area contributed by atoms with Gasteiger partial charge in [0.25, 0.3) is 0 Å². The van der Waals surface area contributed by atoms with Crippen molar-refractivity contribution in [2.75, 3.05) is 13.7 Å². The molecule has 0 radical (unpaired) electrons. The van der Waals surface area contributed by atoms with E-state index in [4.69, 9.17) is 32.7 Å². The van der Waals surface area contributed by atoms with Crippen LogP contribution in [0.4, 0.5) is 0 Å². The van der Waals surface area contributed by atoms with E-state index in [9.17, 15) is 9.59 Å². The SMILES string of the molecule is COC(=O)COc1c(I)cc(/C=C2\N=C(c3ccc(Cl)cc3Cl)OC2=O)cc1I. The molecule has 0 unspecified atom stereocenters. The fraction of sp³-hybridized carbons (Fsp3) is 0.105. The second kappa shape index (κ2) is 9.63. The van der Waals surface area contributed by atoms with Crippen LogP contribution in [0.2, 0.25) is 10.0 Å². The van der Waals surface area contributed by atoms with Crippen LogP contribution in [-0.2, 0) is 19.1 Å². The minimum Gasteiger partial charge on any atom is -0.480 e. The van der Waals surface area contributed by atoms with Crippen LogP contribution >= 0.6 is 68.4 Å². The number of cyclic esters (lactones) is 1. The first-order valence-corrected chi connectivity index (χ1v) is 10.9. The van der Waals surface area contributed by atoms with Crippen molar-refractivity contribution >= 4 is 92.3 Å². The van der Waals surface area contributed by atoms with Crippen LogP contribution in [-0.4, -0.2) is 31.6 Å². The lowest BCUT2D eigenvalue weighted by Gasteiger charge is -2.10. The lowest BCUT2D eigenvalue weighted by molar-refractivity contribution is -0.143. The second-order valence-electron chi connectivity index (χ2n) is 5.64. The van der Waals surface area contributed by atoms with Crippen molar-refractivity contribution in [3.8, 4) is 5.75 Å². The molecule has 0 spiro atoms. The first-order chi connectivity index (χ1) is 13.8. The summed E-state index contributed by atoms with van der Waals surface area (Å²) in [4.78, 5) is 27.8. The van der Waals surface area contributed by atoms with E-state index in [1.807, 2.05) is 0 Å². The monoisotopic (exact) mass is 657 g/mol. The first kappa shape index (κ1) is 22.3. The third-order valence-corrected chi connectivity index (χ3v) is 5.82. The molecule has 1 aliphatic heterocycles. The highest BCUT2D eigenvalue weighted by molar-refractivity contribution is 14.1. The van der Waals surface area contributed by atoms with Gasteiger partial charge in [0, 0.05) is 5.02 Å². The molecule has 0 saturated carbocycles. The molecule has 150 valence electrons. The molecule has 1 heterocycles. The van der Waals surface area contributed by atoms with Gasteiger partial charge in [0.05, 0.1) is 24.8 Å². The van der Waals surface area contributed by atoms with Crippen molar-refractivity contribution in [2.24, 2.45) is 4.99 Å². The average Bonchev–Trinajstić information content (AvgIpc) is 3.00. The zero-order chi connectivity index (χ0) is 21.1. The van der Waals surface area contributed by atoms with Crippen molar-refractivity contribution < 1.29 is 23.8 Å². The number of esters is 2.